The fourth-order valence-electron chi connectivity index (χ4n) is 1.06. The third kappa shape index (κ3) is 1.61. The number of hydrogen-bond donors (Lipinski definition) is 2. The van der Waals surface area contributed by atoms with Gasteiger partial charge in [0.2, 0.25) is 0 Å². The quantitative estimate of drug-likeness (QED) is 0.760. The predicted octanol–water partition coefficient (Wildman–Crippen LogP) is 1.33. The van der Waals surface area contributed by atoms with Gasteiger partial charge in [-0.3, -0.25) is 5.10 Å². The number of aliphatic hydroxyl groups excluding tert-OH is 1. The number of rotatable bonds is 2. The molecule has 2 aromatic heterocycles. The summed E-state index contributed by atoms with van der Waals surface area (Å²) in [7, 11) is 0. The molecule has 0 fully saturated rings. The Labute approximate surface area is 79.3 Å². The molecule has 0 saturated heterocycles. The summed E-state index contributed by atoms with van der Waals surface area (Å²) in [6.45, 7) is 1.93. The van der Waals surface area contributed by atoms with E-state index in [2.05, 4.69) is 15.2 Å². The van der Waals surface area contributed by atoms with Gasteiger partial charge in [-0.05, 0) is 13.0 Å². The Balaban J connectivity index is 2.35. The van der Waals surface area contributed by atoms with Crippen molar-refractivity contribution in [3.05, 3.63) is 22.1 Å². The maximum atomic E-state index is 8.77. The molecular weight excluding hydrogens is 186 g/mol. The minimum Gasteiger partial charge on any atom is -0.388 e. The lowest BCUT2D eigenvalue weighted by Gasteiger charge is -1.84. The van der Waals surface area contributed by atoms with Crippen molar-refractivity contribution in [2.45, 2.75) is 13.5 Å². The topological polar surface area (TPSA) is 61.8 Å². The zero-order valence-electron chi connectivity index (χ0n) is 7.11. The van der Waals surface area contributed by atoms with Gasteiger partial charge >= 0.3 is 0 Å². The summed E-state index contributed by atoms with van der Waals surface area (Å²) in [5.74, 6) is 1.15. The van der Waals surface area contributed by atoms with Crippen LogP contribution in [0.15, 0.2) is 11.4 Å². The molecule has 5 heteroatoms. The molecule has 13 heavy (non-hydrogen) atoms. The van der Waals surface area contributed by atoms with Crippen molar-refractivity contribution in [1.82, 2.24) is 15.2 Å². The number of H-pyrrole nitrogens is 1. The van der Waals surface area contributed by atoms with Gasteiger partial charge in [0, 0.05) is 15.8 Å². The summed E-state index contributed by atoms with van der Waals surface area (Å²) in [5.41, 5.74) is 0.999. The predicted molar refractivity (Wildman–Crippen MR) is 50.4 cm³/mol. The zero-order valence-corrected chi connectivity index (χ0v) is 7.93. The Morgan fingerprint density at radius 1 is 1.62 bits per heavy atom. The van der Waals surface area contributed by atoms with Crippen molar-refractivity contribution in [2.24, 2.45) is 0 Å². The van der Waals surface area contributed by atoms with E-state index in [-0.39, 0.29) is 6.61 Å². The van der Waals surface area contributed by atoms with Crippen molar-refractivity contribution in [3.63, 3.8) is 0 Å². The smallest absolute Gasteiger partial charge is 0.182 e. The van der Waals surface area contributed by atoms with Crippen LogP contribution in [-0.4, -0.2) is 20.3 Å². The van der Waals surface area contributed by atoms with Crippen LogP contribution in [0.3, 0.4) is 0 Å². The molecule has 0 bridgehead atoms. The monoisotopic (exact) mass is 195 g/mol. The molecule has 2 heterocycles. The lowest BCUT2D eigenvalue weighted by atomic mass is 10.3. The van der Waals surface area contributed by atoms with E-state index in [1.807, 2.05) is 18.4 Å². The summed E-state index contributed by atoms with van der Waals surface area (Å²) in [6.07, 6.45) is 0. The van der Waals surface area contributed by atoms with E-state index in [9.17, 15) is 0 Å². The van der Waals surface area contributed by atoms with Crippen LogP contribution in [0.1, 0.15) is 10.7 Å². The van der Waals surface area contributed by atoms with Crippen LogP contribution in [-0.2, 0) is 6.61 Å². The molecule has 0 radical (unpaired) electrons. The van der Waals surface area contributed by atoms with Gasteiger partial charge in [0.1, 0.15) is 6.61 Å². The molecule has 0 aliphatic rings. The number of nitrogens with one attached hydrogen (secondary N) is 1. The molecule has 0 spiro atoms. The maximum Gasteiger partial charge on any atom is 0.182 e. The summed E-state index contributed by atoms with van der Waals surface area (Å²) in [6, 6.07) is 2.02. The highest BCUT2D eigenvalue weighted by Gasteiger charge is 2.05. The molecule has 2 N–H and O–H groups in total. The maximum absolute atomic E-state index is 8.77. The minimum atomic E-state index is -0.101. The summed E-state index contributed by atoms with van der Waals surface area (Å²) in [5, 5.41) is 17.4. The SMILES string of the molecule is Cc1cc(-c2n[nH]c(CO)n2)cs1. The molecule has 68 valence electrons. The molecule has 0 aliphatic carbocycles. The summed E-state index contributed by atoms with van der Waals surface area (Å²) >= 11 is 1.66. The Bertz CT molecular complexity index is 407. The highest BCUT2D eigenvalue weighted by molar-refractivity contribution is 7.10. The molecule has 2 rings (SSSR count). The fourth-order valence-corrected chi connectivity index (χ4v) is 1.74. The van der Waals surface area contributed by atoms with E-state index in [1.165, 1.54) is 4.88 Å². The first-order valence-corrected chi connectivity index (χ1v) is 4.75. The Kier molecular flexibility index (Phi) is 2.12. The first kappa shape index (κ1) is 8.40. The highest BCUT2D eigenvalue weighted by atomic mass is 32.1. The Morgan fingerprint density at radius 3 is 3.00 bits per heavy atom. The van der Waals surface area contributed by atoms with Gasteiger partial charge in [-0.2, -0.15) is 5.10 Å². The average molecular weight is 195 g/mol. The van der Waals surface area contributed by atoms with Crippen LogP contribution in [0.25, 0.3) is 11.4 Å². The van der Waals surface area contributed by atoms with Gasteiger partial charge in [0.15, 0.2) is 11.6 Å². The molecule has 0 amide bonds. The van der Waals surface area contributed by atoms with E-state index < -0.39 is 0 Å². The van der Waals surface area contributed by atoms with E-state index in [0.29, 0.717) is 11.6 Å². The Morgan fingerprint density at radius 2 is 2.46 bits per heavy atom. The van der Waals surface area contributed by atoms with Gasteiger partial charge < -0.3 is 5.11 Å². The van der Waals surface area contributed by atoms with Gasteiger partial charge in [-0.1, -0.05) is 0 Å². The molecule has 0 atom stereocenters. The second kappa shape index (κ2) is 3.27. The first-order valence-electron chi connectivity index (χ1n) is 3.87. The molecule has 0 saturated carbocycles. The number of aliphatic hydroxyl groups is 1. The molecule has 0 aliphatic heterocycles. The second-order valence-corrected chi connectivity index (χ2v) is 3.83. The van der Waals surface area contributed by atoms with Crippen LogP contribution < -0.4 is 0 Å². The summed E-state index contributed by atoms with van der Waals surface area (Å²) < 4.78 is 0. The van der Waals surface area contributed by atoms with E-state index >= 15 is 0 Å². The third-order valence-corrected chi connectivity index (χ3v) is 2.53. The van der Waals surface area contributed by atoms with Crippen molar-refractivity contribution < 1.29 is 5.11 Å². The van der Waals surface area contributed by atoms with Crippen molar-refractivity contribution in [2.75, 3.05) is 0 Å². The van der Waals surface area contributed by atoms with E-state index in [0.717, 1.165) is 5.56 Å². The molecular formula is C8H9N3OS. The van der Waals surface area contributed by atoms with E-state index in [1.54, 1.807) is 11.3 Å². The van der Waals surface area contributed by atoms with Crippen molar-refractivity contribution in [1.29, 1.82) is 0 Å². The number of aryl methyl sites for hydroxylation is 1. The van der Waals surface area contributed by atoms with Crippen LogP contribution >= 0.6 is 11.3 Å². The lowest BCUT2D eigenvalue weighted by molar-refractivity contribution is 0.272. The third-order valence-electron chi connectivity index (χ3n) is 1.67. The van der Waals surface area contributed by atoms with Gasteiger partial charge in [-0.25, -0.2) is 4.98 Å². The average Bonchev–Trinajstić information content (AvgIpc) is 2.71. The Hall–Kier alpha value is -1.20. The lowest BCUT2D eigenvalue weighted by Crippen LogP contribution is -1.84. The van der Waals surface area contributed by atoms with Crippen LogP contribution in [0.2, 0.25) is 0 Å². The number of aromatic nitrogens is 3. The summed E-state index contributed by atoms with van der Waals surface area (Å²) in [4.78, 5) is 5.33. The van der Waals surface area contributed by atoms with Gasteiger partial charge in [-0.15, -0.1) is 11.3 Å². The highest BCUT2D eigenvalue weighted by Crippen LogP contribution is 2.21. The van der Waals surface area contributed by atoms with Crippen molar-refractivity contribution in [3.8, 4) is 11.4 Å². The number of thiophene rings is 1. The van der Waals surface area contributed by atoms with Gasteiger partial charge in [0.05, 0.1) is 0 Å². The van der Waals surface area contributed by atoms with Gasteiger partial charge in [0.25, 0.3) is 0 Å². The standard InChI is InChI=1S/C8H9N3OS/c1-5-2-6(4-13-5)8-9-7(3-12)10-11-8/h2,4,12H,3H2,1H3,(H,9,10,11). The molecule has 2 aromatic rings. The largest absolute Gasteiger partial charge is 0.388 e. The van der Waals surface area contributed by atoms with Crippen LogP contribution in [0.4, 0.5) is 0 Å². The second-order valence-electron chi connectivity index (χ2n) is 2.71. The van der Waals surface area contributed by atoms with Crippen LogP contribution in [0.5, 0.6) is 0 Å². The first-order chi connectivity index (χ1) is 6.29. The normalized spacial score (nSPS) is 10.6. The molecule has 0 aromatic carbocycles. The van der Waals surface area contributed by atoms with Crippen molar-refractivity contribution >= 4 is 11.3 Å². The number of nitrogens with zero attached hydrogens (tertiary/aromatic N) is 2. The number of aromatic amines is 1. The minimum absolute atomic E-state index is 0.101. The molecule has 4 nitrogen and oxygen atoms in total. The van der Waals surface area contributed by atoms with Crippen LogP contribution in [0, 0.1) is 6.92 Å². The number of hydrogen-bond acceptors (Lipinski definition) is 4. The molecule has 0 unspecified atom stereocenters. The van der Waals surface area contributed by atoms with E-state index in [4.69, 9.17) is 5.11 Å². The zero-order chi connectivity index (χ0) is 9.26. The fraction of sp³-hybridized carbons (Fsp3) is 0.250.